The molecule has 4 heteroatoms. The summed E-state index contributed by atoms with van der Waals surface area (Å²) in [7, 11) is 0. The van der Waals surface area contributed by atoms with Gasteiger partial charge in [-0.25, -0.2) is 9.18 Å². The highest BCUT2D eigenvalue weighted by molar-refractivity contribution is 7.99. The van der Waals surface area contributed by atoms with E-state index in [0.29, 0.717) is 0 Å². The molecule has 19 heavy (non-hydrogen) atoms. The Labute approximate surface area is 116 Å². The van der Waals surface area contributed by atoms with Gasteiger partial charge in [-0.15, -0.1) is 11.8 Å². The fraction of sp³-hybridized carbons (Fsp3) is 0.533. The maximum Gasteiger partial charge on any atom is 0.338 e. The minimum atomic E-state index is -1.19. The van der Waals surface area contributed by atoms with Gasteiger partial charge in [0.25, 0.3) is 0 Å². The van der Waals surface area contributed by atoms with E-state index in [1.165, 1.54) is 37.8 Å². The standard InChI is InChI=1S/C15H17FO2S/c16-14-4-3-12(7-13(14)15(17)18)19-8-11-6-9-1-2-10(11)5-9/h3-4,7,9-11H,1-2,5-6,8H2,(H,17,18). The molecular formula is C15H17FO2S. The maximum atomic E-state index is 13.3. The molecule has 1 N–H and O–H groups in total. The number of aromatic carboxylic acids is 1. The molecule has 2 bridgehead atoms. The number of benzene rings is 1. The lowest BCUT2D eigenvalue weighted by molar-refractivity contribution is 0.0691. The van der Waals surface area contributed by atoms with Crippen molar-refractivity contribution in [2.75, 3.05) is 5.75 Å². The molecule has 2 saturated carbocycles. The predicted molar refractivity (Wildman–Crippen MR) is 73.0 cm³/mol. The van der Waals surface area contributed by atoms with Crippen molar-refractivity contribution in [3.05, 3.63) is 29.6 Å². The van der Waals surface area contributed by atoms with Crippen molar-refractivity contribution in [2.24, 2.45) is 17.8 Å². The lowest BCUT2D eigenvalue weighted by atomic mass is 9.90. The molecule has 1 aromatic carbocycles. The Hall–Kier alpha value is -1.03. The van der Waals surface area contributed by atoms with Crippen LogP contribution in [0.5, 0.6) is 0 Å². The molecule has 1 aromatic rings. The van der Waals surface area contributed by atoms with Gasteiger partial charge in [-0.2, -0.15) is 0 Å². The summed E-state index contributed by atoms with van der Waals surface area (Å²) in [5.41, 5.74) is -0.224. The Balaban J connectivity index is 1.64. The highest BCUT2D eigenvalue weighted by Crippen LogP contribution is 2.49. The first-order valence-corrected chi connectivity index (χ1v) is 7.77. The summed E-state index contributed by atoms with van der Waals surface area (Å²) in [6.07, 6.45) is 5.46. The van der Waals surface area contributed by atoms with Crippen LogP contribution in [0.3, 0.4) is 0 Å². The average molecular weight is 280 g/mol. The number of carboxylic acids is 1. The monoisotopic (exact) mass is 280 g/mol. The number of hydrogen-bond acceptors (Lipinski definition) is 2. The second-order valence-electron chi connectivity index (χ2n) is 5.69. The third kappa shape index (κ3) is 2.64. The second-order valence-corrected chi connectivity index (χ2v) is 6.79. The van der Waals surface area contributed by atoms with E-state index in [-0.39, 0.29) is 5.56 Å². The van der Waals surface area contributed by atoms with Crippen LogP contribution in [-0.2, 0) is 0 Å². The molecule has 0 heterocycles. The van der Waals surface area contributed by atoms with Crippen LogP contribution in [0.2, 0.25) is 0 Å². The number of carbonyl (C=O) groups is 1. The van der Waals surface area contributed by atoms with Crippen LogP contribution in [0.4, 0.5) is 4.39 Å². The molecular weight excluding hydrogens is 263 g/mol. The maximum absolute atomic E-state index is 13.3. The van der Waals surface area contributed by atoms with E-state index in [9.17, 15) is 9.18 Å². The van der Waals surface area contributed by atoms with Gasteiger partial charge in [0.2, 0.25) is 0 Å². The molecule has 2 nitrogen and oxygen atoms in total. The van der Waals surface area contributed by atoms with Crippen molar-refractivity contribution in [3.8, 4) is 0 Å². The molecule has 3 atom stereocenters. The van der Waals surface area contributed by atoms with E-state index in [2.05, 4.69) is 0 Å². The zero-order valence-corrected chi connectivity index (χ0v) is 11.5. The molecule has 3 rings (SSSR count). The summed E-state index contributed by atoms with van der Waals surface area (Å²) in [5.74, 6) is 1.75. The zero-order chi connectivity index (χ0) is 13.4. The SMILES string of the molecule is O=C(O)c1cc(SCC2CC3CCC2C3)ccc1F. The van der Waals surface area contributed by atoms with Crippen LogP contribution in [0.25, 0.3) is 0 Å². The van der Waals surface area contributed by atoms with Gasteiger partial charge in [0, 0.05) is 10.6 Å². The van der Waals surface area contributed by atoms with Crippen molar-refractivity contribution in [1.82, 2.24) is 0 Å². The van der Waals surface area contributed by atoms with Crippen molar-refractivity contribution in [1.29, 1.82) is 0 Å². The predicted octanol–water partition coefficient (Wildman–Crippen LogP) is 4.05. The van der Waals surface area contributed by atoms with Crippen LogP contribution >= 0.6 is 11.8 Å². The third-order valence-corrected chi connectivity index (χ3v) is 5.70. The molecule has 0 aromatic heterocycles. The number of fused-ring (bicyclic) bond motifs is 2. The third-order valence-electron chi connectivity index (χ3n) is 4.52. The highest BCUT2D eigenvalue weighted by atomic mass is 32.2. The highest BCUT2D eigenvalue weighted by Gasteiger charge is 2.39. The van der Waals surface area contributed by atoms with E-state index in [0.717, 1.165) is 28.4 Å². The normalized spacial score (nSPS) is 28.8. The van der Waals surface area contributed by atoms with Gasteiger partial charge in [-0.1, -0.05) is 6.42 Å². The fourth-order valence-electron chi connectivity index (χ4n) is 3.54. The van der Waals surface area contributed by atoms with E-state index < -0.39 is 11.8 Å². The van der Waals surface area contributed by atoms with E-state index in [1.807, 2.05) is 0 Å². The topological polar surface area (TPSA) is 37.3 Å². The Kier molecular flexibility index (Phi) is 3.52. The average Bonchev–Trinajstić information content (AvgIpc) is 2.99. The Morgan fingerprint density at radius 2 is 2.21 bits per heavy atom. The summed E-state index contributed by atoms with van der Waals surface area (Å²) in [4.78, 5) is 11.8. The van der Waals surface area contributed by atoms with Gasteiger partial charge < -0.3 is 5.11 Å². The van der Waals surface area contributed by atoms with E-state index in [1.54, 1.807) is 17.8 Å². The van der Waals surface area contributed by atoms with Crippen molar-refractivity contribution in [3.63, 3.8) is 0 Å². The quantitative estimate of drug-likeness (QED) is 0.845. The van der Waals surface area contributed by atoms with Crippen LogP contribution in [0, 0.1) is 23.6 Å². The number of rotatable bonds is 4. The van der Waals surface area contributed by atoms with Gasteiger partial charge >= 0.3 is 5.97 Å². The first kappa shape index (κ1) is 13.0. The molecule has 2 aliphatic carbocycles. The largest absolute Gasteiger partial charge is 0.478 e. The van der Waals surface area contributed by atoms with Crippen LogP contribution in [-0.4, -0.2) is 16.8 Å². The number of carboxylic acid groups (broad SMARTS) is 1. The van der Waals surface area contributed by atoms with Crippen molar-refractivity contribution in [2.45, 2.75) is 30.6 Å². The second kappa shape index (κ2) is 5.16. The van der Waals surface area contributed by atoms with Crippen molar-refractivity contribution >= 4 is 17.7 Å². The first-order chi connectivity index (χ1) is 9.13. The van der Waals surface area contributed by atoms with Gasteiger partial charge in [-0.3, -0.25) is 0 Å². The Morgan fingerprint density at radius 3 is 2.84 bits per heavy atom. The van der Waals surface area contributed by atoms with Crippen LogP contribution < -0.4 is 0 Å². The number of thioether (sulfide) groups is 1. The minimum absolute atomic E-state index is 0.224. The Morgan fingerprint density at radius 1 is 1.37 bits per heavy atom. The molecule has 0 radical (unpaired) electrons. The summed E-state index contributed by atoms with van der Waals surface area (Å²) in [5, 5.41) is 8.91. The van der Waals surface area contributed by atoms with E-state index in [4.69, 9.17) is 5.11 Å². The lowest BCUT2D eigenvalue weighted by Crippen LogP contribution is -2.12. The van der Waals surface area contributed by atoms with Gasteiger partial charge in [-0.05, 0) is 55.2 Å². The lowest BCUT2D eigenvalue weighted by Gasteiger charge is -2.21. The molecule has 2 fully saturated rings. The fourth-order valence-corrected chi connectivity index (χ4v) is 4.72. The van der Waals surface area contributed by atoms with Crippen molar-refractivity contribution < 1.29 is 14.3 Å². The number of halogens is 1. The van der Waals surface area contributed by atoms with Crippen LogP contribution in [0.15, 0.2) is 23.1 Å². The zero-order valence-electron chi connectivity index (χ0n) is 10.6. The molecule has 102 valence electrons. The smallest absolute Gasteiger partial charge is 0.338 e. The van der Waals surface area contributed by atoms with E-state index >= 15 is 0 Å². The molecule has 0 spiro atoms. The summed E-state index contributed by atoms with van der Waals surface area (Å²) in [6.45, 7) is 0. The van der Waals surface area contributed by atoms with Gasteiger partial charge in [0.1, 0.15) is 5.82 Å². The van der Waals surface area contributed by atoms with Gasteiger partial charge in [0.05, 0.1) is 5.56 Å². The molecule has 0 saturated heterocycles. The summed E-state index contributed by atoms with van der Waals surface area (Å²) in [6, 6.07) is 4.39. The van der Waals surface area contributed by atoms with Gasteiger partial charge in [0.15, 0.2) is 0 Å². The first-order valence-electron chi connectivity index (χ1n) is 6.79. The summed E-state index contributed by atoms with van der Waals surface area (Å²) < 4.78 is 13.3. The molecule has 0 amide bonds. The Bertz CT molecular complexity index is 503. The molecule has 3 unspecified atom stereocenters. The molecule has 2 aliphatic rings. The molecule has 0 aliphatic heterocycles. The minimum Gasteiger partial charge on any atom is -0.478 e. The summed E-state index contributed by atoms with van der Waals surface area (Å²) >= 11 is 1.67. The van der Waals surface area contributed by atoms with Crippen LogP contribution in [0.1, 0.15) is 36.0 Å². The number of hydrogen-bond donors (Lipinski definition) is 1.